The Bertz CT molecular complexity index is 707. The van der Waals surface area contributed by atoms with E-state index in [1.165, 1.54) is 6.07 Å². The van der Waals surface area contributed by atoms with Crippen LogP contribution in [0.2, 0.25) is 25.7 Å². The summed E-state index contributed by atoms with van der Waals surface area (Å²) in [5.74, 6) is 0. The molecule has 0 aliphatic carbocycles. The van der Waals surface area contributed by atoms with E-state index < -0.39 is 26.0 Å². The molecule has 2 rings (SSSR count). The summed E-state index contributed by atoms with van der Waals surface area (Å²) in [5.41, 5.74) is -0.516. The molecule has 5 nitrogen and oxygen atoms in total. The van der Waals surface area contributed by atoms with E-state index in [9.17, 15) is 18.0 Å². The molecule has 9 heteroatoms. The molecule has 0 aliphatic rings. The van der Waals surface area contributed by atoms with E-state index >= 15 is 0 Å². The number of carbonyl (C=O) groups excluding carboxylic acids is 1. The highest BCUT2D eigenvalue weighted by Gasteiger charge is 2.31. The van der Waals surface area contributed by atoms with Crippen molar-refractivity contribution in [3.63, 3.8) is 0 Å². The van der Waals surface area contributed by atoms with Crippen LogP contribution in [0.3, 0.4) is 0 Å². The van der Waals surface area contributed by atoms with Gasteiger partial charge in [-0.3, -0.25) is 4.84 Å². The van der Waals surface area contributed by atoms with Crippen LogP contribution >= 0.6 is 0 Å². The third-order valence-electron chi connectivity index (χ3n) is 3.09. The molecule has 0 saturated heterocycles. The summed E-state index contributed by atoms with van der Waals surface area (Å²) in [6, 6.07) is 3.78. The van der Waals surface area contributed by atoms with Crippen molar-refractivity contribution in [1.82, 2.24) is 9.71 Å². The van der Waals surface area contributed by atoms with Gasteiger partial charge in [0.2, 0.25) is 0 Å². The average molecular weight is 346 g/mol. The molecule has 1 aromatic heterocycles. The number of hydrogen-bond donors (Lipinski definition) is 0. The minimum Gasteiger partial charge on any atom is -0.433 e. The van der Waals surface area contributed by atoms with Crippen molar-refractivity contribution in [2.75, 3.05) is 6.61 Å². The highest BCUT2D eigenvalue weighted by Crippen LogP contribution is 2.31. The highest BCUT2D eigenvalue weighted by molar-refractivity contribution is 6.76. The summed E-state index contributed by atoms with van der Waals surface area (Å²) < 4.78 is 44.0. The predicted octanol–water partition coefficient (Wildman–Crippen LogP) is 3.96. The fraction of sp³-hybridized carbons (Fsp3) is 0.429. The second kappa shape index (κ2) is 6.23. The number of ether oxygens (including phenoxy) is 1. The van der Waals surface area contributed by atoms with Gasteiger partial charge < -0.3 is 4.74 Å². The normalized spacial score (nSPS) is 12.4. The smallest absolute Gasteiger partial charge is 0.433 e. The van der Waals surface area contributed by atoms with Gasteiger partial charge in [0.05, 0.1) is 17.7 Å². The Hall–Kier alpha value is -2.03. The Labute approximate surface area is 132 Å². The fourth-order valence-corrected chi connectivity index (χ4v) is 2.50. The third-order valence-corrected chi connectivity index (χ3v) is 4.79. The first-order chi connectivity index (χ1) is 10.6. The van der Waals surface area contributed by atoms with E-state index in [1.807, 2.05) is 0 Å². The highest BCUT2D eigenvalue weighted by atomic mass is 28.3. The summed E-state index contributed by atoms with van der Waals surface area (Å²) in [6.07, 6.45) is -4.33. The predicted molar refractivity (Wildman–Crippen MR) is 80.8 cm³/mol. The molecular formula is C14H17F3N2O3Si. The van der Waals surface area contributed by atoms with Gasteiger partial charge in [-0.05, 0) is 24.2 Å². The Morgan fingerprint density at radius 1 is 1.30 bits per heavy atom. The minimum absolute atomic E-state index is 0.0435. The first-order valence-electron chi connectivity index (χ1n) is 6.96. The van der Waals surface area contributed by atoms with E-state index in [-0.39, 0.29) is 17.6 Å². The number of nitrogens with zero attached hydrogens (tertiary/aromatic N) is 2. The number of hydrogen-bond acceptors (Lipinski definition) is 4. The van der Waals surface area contributed by atoms with Gasteiger partial charge >= 0.3 is 12.3 Å². The van der Waals surface area contributed by atoms with Gasteiger partial charge in [0.1, 0.15) is 11.8 Å². The molecule has 0 saturated carbocycles. The number of alkyl halides is 3. The van der Waals surface area contributed by atoms with Gasteiger partial charge in [-0.25, -0.2) is 9.78 Å². The molecule has 2 aromatic rings. The maximum atomic E-state index is 12.7. The molecule has 0 amide bonds. The van der Waals surface area contributed by atoms with Crippen molar-refractivity contribution >= 4 is 25.3 Å². The van der Waals surface area contributed by atoms with Gasteiger partial charge in [-0.2, -0.15) is 17.9 Å². The van der Waals surface area contributed by atoms with Crippen LogP contribution in [0, 0.1) is 0 Å². The number of aromatic nitrogens is 2. The maximum absolute atomic E-state index is 12.7. The van der Waals surface area contributed by atoms with E-state index in [1.54, 1.807) is 0 Å². The number of benzene rings is 1. The number of fused-ring (bicyclic) bond motifs is 1. The van der Waals surface area contributed by atoms with Gasteiger partial charge in [0.25, 0.3) is 0 Å². The monoisotopic (exact) mass is 346 g/mol. The van der Waals surface area contributed by atoms with Gasteiger partial charge in [-0.1, -0.05) is 19.6 Å². The summed E-state index contributed by atoms with van der Waals surface area (Å²) in [4.78, 5) is 20.4. The first kappa shape index (κ1) is 17.3. The Morgan fingerprint density at radius 3 is 2.61 bits per heavy atom. The van der Waals surface area contributed by atoms with Crippen molar-refractivity contribution in [2.24, 2.45) is 0 Å². The van der Waals surface area contributed by atoms with E-state index in [0.717, 1.165) is 29.2 Å². The van der Waals surface area contributed by atoms with Crippen molar-refractivity contribution < 1.29 is 27.5 Å². The molecule has 1 heterocycles. The number of imidazole rings is 1. The van der Waals surface area contributed by atoms with Crippen LogP contribution in [-0.4, -0.2) is 30.6 Å². The van der Waals surface area contributed by atoms with Crippen LogP contribution < -0.4 is 4.84 Å². The molecule has 126 valence electrons. The zero-order valence-electron chi connectivity index (χ0n) is 13.0. The summed E-state index contributed by atoms with van der Waals surface area (Å²) in [7, 11) is -1.35. The van der Waals surface area contributed by atoms with Crippen LogP contribution in [0.1, 0.15) is 5.56 Å². The summed E-state index contributed by atoms with van der Waals surface area (Å²) in [5, 5.41) is 0. The van der Waals surface area contributed by atoms with Crippen LogP contribution in [0.15, 0.2) is 24.5 Å². The van der Waals surface area contributed by atoms with Crippen molar-refractivity contribution in [3.05, 3.63) is 30.1 Å². The SMILES string of the molecule is C[Si](C)(C)CCOC(=O)On1cnc2ccc(C(F)(F)F)cc21. The lowest BCUT2D eigenvalue weighted by molar-refractivity contribution is -0.137. The van der Waals surface area contributed by atoms with Crippen LogP contribution in [-0.2, 0) is 10.9 Å². The van der Waals surface area contributed by atoms with Gasteiger partial charge in [-0.15, -0.1) is 0 Å². The molecule has 0 atom stereocenters. The number of carbonyl (C=O) groups is 1. The number of rotatable bonds is 4. The topological polar surface area (TPSA) is 53.4 Å². The van der Waals surface area contributed by atoms with E-state index in [4.69, 9.17) is 9.57 Å². The summed E-state index contributed by atoms with van der Waals surface area (Å²) in [6.45, 7) is 6.60. The van der Waals surface area contributed by atoms with Gasteiger partial charge in [0.15, 0.2) is 0 Å². The summed E-state index contributed by atoms with van der Waals surface area (Å²) >= 11 is 0. The molecular weight excluding hydrogens is 329 g/mol. The maximum Gasteiger partial charge on any atom is 0.533 e. The quantitative estimate of drug-likeness (QED) is 0.621. The molecule has 0 radical (unpaired) electrons. The third kappa shape index (κ3) is 4.72. The lowest BCUT2D eigenvalue weighted by Crippen LogP contribution is -2.25. The molecule has 0 fully saturated rings. The molecule has 0 unspecified atom stereocenters. The van der Waals surface area contributed by atoms with E-state index in [0.29, 0.717) is 0 Å². The van der Waals surface area contributed by atoms with Crippen LogP contribution in [0.25, 0.3) is 11.0 Å². The largest absolute Gasteiger partial charge is 0.533 e. The molecule has 0 aliphatic heterocycles. The van der Waals surface area contributed by atoms with Crippen LogP contribution in [0.4, 0.5) is 18.0 Å². The molecule has 23 heavy (non-hydrogen) atoms. The molecule has 0 bridgehead atoms. The molecule has 0 spiro atoms. The van der Waals surface area contributed by atoms with Gasteiger partial charge in [0, 0.05) is 8.07 Å². The van der Waals surface area contributed by atoms with Crippen molar-refractivity contribution in [3.8, 4) is 0 Å². The van der Waals surface area contributed by atoms with E-state index in [2.05, 4.69) is 24.6 Å². The first-order valence-corrected chi connectivity index (χ1v) is 10.7. The zero-order chi connectivity index (χ0) is 17.3. The Kier molecular flexibility index (Phi) is 4.69. The minimum atomic E-state index is -4.48. The zero-order valence-corrected chi connectivity index (χ0v) is 14.0. The van der Waals surface area contributed by atoms with Crippen molar-refractivity contribution in [2.45, 2.75) is 31.9 Å². The second-order valence-electron chi connectivity index (χ2n) is 6.27. The lowest BCUT2D eigenvalue weighted by Gasteiger charge is -2.15. The Morgan fingerprint density at radius 2 is 2.00 bits per heavy atom. The number of halogens is 3. The fourth-order valence-electron chi connectivity index (χ4n) is 1.78. The second-order valence-corrected chi connectivity index (χ2v) is 11.9. The molecule has 1 aromatic carbocycles. The van der Waals surface area contributed by atoms with Crippen LogP contribution in [0.5, 0.6) is 0 Å². The average Bonchev–Trinajstić information content (AvgIpc) is 2.78. The Balaban J connectivity index is 2.09. The van der Waals surface area contributed by atoms with Crippen molar-refractivity contribution in [1.29, 1.82) is 0 Å². The standard InChI is InChI=1S/C14H17F3N2O3Si/c1-23(2,3)7-6-21-13(20)22-19-9-18-11-5-4-10(8-12(11)19)14(15,16)17/h4-5,8-9H,6-7H2,1-3H3. The lowest BCUT2D eigenvalue weighted by atomic mass is 10.2. The molecule has 0 N–H and O–H groups in total.